The first-order valence-corrected chi connectivity index (χ1v) is 6.01. The van der Waals surface area contributed by atoms with Gasteiger partial charge in [0.2, 0.25) is 0 Å². The lowest BCUT2D eigenvalue weighted by Gasteiger charge is -2.12. The summed E-state index contributed by atoms with van der Waals surface area (Å²) in [7, 11) is 3.49. The van der Waals surface area contributed by atoms with Gasteiger partial charge >= 0.3 is 5.97 Å². The van der Waals surface area contributed by atoms with E-state index in [1.807, 2.05) is 30.1 Å². The predicted molar refractivity (Wildman–Crippen MR) is 71.2 cm³/mol. The van der Waals surface area contributed by atoms with E-state index in [0.29, 0.717) is 13.1 Å². The molecule has 0 amide bonds. The minimum atomic E-state index is -0.791. The summed E-state index contributed by atoms with van der Waals surface area (Å²) < 4.78 is 5.15. The van der Waals surface area contributed by atoms with Gasteiger partial charge in [-0.25, -0.2) is 4.98 Å². The molecule has 6 nitrogen and oxygen atoms in total. The third-order valence-electron chi connectivity index (χ3n) is 2.87. The molecule has 0 aliphatic heterocycles. The molecule has 0 aliphatic carbocycles. The Hall–Kier alpha value is -2.08. The summed E-state index contributed by atoms with van der Waals surface area (Å²) in [6.45, 7) is 1.08. The number of nitrogens with zero attached hydrogens (tertiary/aromatic N) is 2. The first-order chi connectivity index (χ1) is 9.08. The molecular formula is C13H17N3O3. The average molecular weight is 263 g/mol. The number of methoxy groups -OCH3 is 1. The van der Waals surface area contributed by atoms with Gasteiger partial charge in [0.15, 0.2) is 0 Å². The molecule has 0 fully saturated rings. The quantitative estimate of drug-likeness (QED) is 0.825. The van der Waals surface area contributed by atoms with Crippen molar-refractivity contribution in [1.29, 1.82) is 0 Å². The largest absolute Gasteiger partial charge is 0.497 e. The molecule has 0 saturated heterocycles. The molecule has 0 bridgehead atoms. The van der Waals surface area contributed by atoms with Crippen LogP contribution in [0.25, 0.3) is 11.0 Å². The number of nitrogens with one attached hydrogen (secondary N) is 1. The van der Waals surface area contributed by atoms with E-state index < -0.39 is 5.97 Å². The van der Waals surface area contributed by atoms with Gasteiger partial charge in [0, 0.05) is 12.6 Å². The molecule has 2 N–H and O–H groups in total. The fourth-order valence-corrected chi connectivity index (χ4v) is 1.86. The van der Waals surface area contributed by atoms with Crippen molar-refractivity contribution in [3.8, 4) is 5.75 Å². The van der Waals surface area contributed by atoms with Crippen LogP contribution in [-0.4, -0.2) is 46.6 Å². The van der Waals surface area contributed by atoms with Crippen molar-refractivity contribution < 1.29 is 14.6 Å². The zero-order valence-electron chi connectivity index (χ0n) is 11.0. The summed E-state index contributed by atoms with van der Waals surface area (Å²) in [4.78, 5) is 20.1. The molecule has 0 unspecified atom stereocenters. The molecular weight excluding hydrogens is 246 g/mol. The number of aromatic amines is 1. The van der Waals surface area contributed by atoms with E-state index in [1.54, 1.807) is 7.11 Å². The summed E-state index contributed by atoms with van der Waals surface area (Å²) in [5, 5.41) is 8.64. The maximum atomic E-state index is 10.5. The number of rotatable bonds is 6. The number of aliphatic carboxylic acids is 1. The molecule has 102 valence electrons. The second-order valence-corrected chi connectivity index (χ2v) is 4.45. The lowest BCUT2D eigenvalue weighted by molar-refractivity contribution is -0.137. The number of aromatic nitrogens is 2. The van der Waals surface area contributed by atoms with Crippen LogP contribution >= 0.6 is 0 Å². The Bertz CT molecular complexity index is 580. The van der Waals surface area contributed by atoms with Gasteiger partial charge in [-0.2, -0.15) is 0 Å². The second-order valence-electron chi connectivity index (χ2n) is 4.45. The molecule has 0 atom stereocenters. The predicted octanol–water partition coefficient (Wildman–Crippen LogP) is 1.48. The zero-order chi connectivity index (χ0) is 13.8. The van der Waals surface area contributed by atoms with Gasteiger partial charge in [-0.3, -0.25) is 9.69 Å². The first kappa shape index (κ1) is 13.4. The standard InChI is InChI=1S/C13H17N3O3/c1-16(6-5-13(17)18)8-12-14-10-4-3-9(19-2)7-11(10)15-12/h3-4,7H,5-6,8H2,1-2H3,(H,14,15)(H,17,18). The molecule has 2 rings (SSSR count). The molecule has 0 aliphatic rings. The number of fused-ring (bicyclic) bond motifs is 1. The van der Waals surface area contributed by atoms with Crippen molar-refractivity contribution in [2.75, 3.05) is 20.7 Å². The minimum Gasteiger partial charge on any atom is -0.497 e. The normalized spacial score (nSPS) is 11.1. The summed E-state index contributed by atoms with van der Waals surface area (Å²) in [6, 6.07) is 5.65. The van der Waals surface area contributed by atoms with E-state index in [1.165, 1.54) is 0 Å². The highest BCUT2D eigenvalue weighted by molar-refractivity contribution is 5.76. The lowest BCUT2D eigenvalue weighted by Crippen LogP contribution is -2.21. The number of carboxylic acids is 1. The van der Waals surface area contributed by atoms with Crippen LogP contribution in [0.3, 0.4) is 0 Å². The first-order valence-electron chi connectivity index (χ1n) is 6.01. The van der Waals surface area contributed by atoms with Crippen molar-refractivity contribution in [2.24, 2.45) is 0 Å². The Morgan fingerprint density at radius 2 is 2.32 bits per heavy atom. The number of carbonyl (C=O) groups is 1. The van der Waals surface area contributed by atoms with Crippen LogP contribution in [0.1, 0.15) is 12.2 Å². The van der Waals surface area contributed by atoms with Gasteiger partial charge in [-0.1, -0.05) is 0 Å². The van der Waals surface area contributed by atoms with Crippen LogP contribution in [0.4, 0.5) is 0 Å². The Morgan fingerprint density at radius 1 is 1.53 bits per heavy atom. The molecule has 0 spiro atoms. The summed E-state index contributed by atoms with van der Waals surface area (Å²) in [5.41, 5.74) is 1.79. The summed E-state index contributed by atoms with van der Waals surface area (Å²) in [6.07, 6.45) is 0.130. The van der Waals surface area contributed by atoms with Gasteiger partial charge in [0.05, 0.1) is 31.1 Å². The highest BCUT2D eigenvalue weighted by atomic mass is 16.5. The second kappa shape index (κ2) is 5.71. The summed E-state index contributed by atoms with van der Waals surface area (Å²) >= 11 is 0. The highest BCUT2D eigenvalue weighted by Gasteiger charge is 2.08. The number of ether oxygens (including phenoxy) is 1. The number of hydrogen-bond donors (Lipinski definition) is 2. The van der Waals surface area contributed by atoms with E-state index in [4.69, 9.17) is 9.84 Å². The van der Waals surface area contributed by atoms with Crippen molar-refractivity contribution in [2.45, 2.75) is 13.0 Å². The number of hydrogen-bond acceptors (Lipinski definition) is 4. The Balaban J connectivity index is 2.06. The molecule has 0 radical (unpaired) electrons. The average Bonchev–Trinajstić information content (AvgIpc) is 2.77. The van der Waals surface area contributed by atoms with Crippen LogP contribution in [0.15, 0.2) is 18.2 Å². The minimum absolute atomic E-state index is 0.130. The number of benzene rings is 1. The van der Waals surface area contributed by atoms with Crippen LogP contribution in [0.2, 0.25) is 0 Å². The van der Waals surface area contributed by atoms with Crippen molar-refractivity contribution in [3.63, 3.8) is 0 Å². The van der Waals surface area contributed by atoms with E-state index >= 15 is 0 Å². The van der Waals surface area contributed by atoms with Gasteiger partial charge in [0.25, 0.3) is 0 Å². The fourth-order valence-electron chi connectivity index (χ4n) is 1.86. The third-order valence-corrected chi connectivity index (χ3v) is 2.87. The van der Waals surface area contributed by atoms with Crippen molar-refractivity contribution in [3.05, 3.63) is 24.0 Å². The van der Waals surface area contributed by atoms with Crippen LogP contribution in [-0.2, 0) is 11.3 Å². The number of carboxylic acid groups (broad SMARTS) is 1. The third kappa shape index (κ3) is 3.45. The maximum absolute atomic E-state index is 10.5. The Labute approximate surface area is 111 Å². The van der Waals surface area contributed by atoms with Crippen LogP contribution in [0, 0.1) is 0 Å². The molecule has 1 aromatic heterocycles. The molecule has 2 aromatic rings. The smallest absolute Gasteiger partial charge is 0.304 e. The van der Waals surface area contributed by atoms with E-state index in [0.717, 1.165) is 22.6 Å². The van der Waals surface area contributed by atoms with Gasteiger partial charge in [0.1, 0.15) is 11.6 Å². The van der Waals surface area contributed by atoms with E-state index in [9.17, 15) is 4.79 Å². The fraction of sp³-hybridized carbons (Fsp3) is 0.385. The maximum Gasteiger partial charge on any atom is 0.304 e. The van der Waals surface area contributed by atoms with Crippen LogP contribution in [0.5, 0.6) is 5.75 Å². The van der Waals surface area contributed by atoms with Crippen molar-refractivity contribution >= 4 is 17.0 Å². The molecule has 1 aromatic carbocycles. The van der Waals surface area contributed by atoms with E-state index in [2.05, 4.69) is 9.97 Å². The molecule has 6 heteroatoms. The summed E-state index contributed by atoms with van der Waals surface area (Å²) in [5.74, 6) is 0.805. The topological polar surface area (TPSA) is 78.4 Å². The molecule has 19 heavy (non-hydrogen) atoms. The van der Waals surface area contributed by atoms with Gasteiger partial charge < -0.3 is 14.8 Å². The van der Waals surface area contributed by atoms with Crippen LogP contribution < -0.4 is 4.74 Å². The van der Waals surface area contributed by atoms with Gasteiger partial charge in [-0.05, 0) is 19.2 Å². The SMILES string of the molecule is COc1ccc2nc(CN(C)CCC(=O)O)[nH]c2c1. The number of H-pyrrole nitrogens is 1. The lowest BCUT2D eigenvalue weighted by atomic mass is 10.3. The van der Waals surface area contributed by atoms with E-state index in [-0.39, 0.29) is 6.42 Å². The monoisotopic (exact) mass is 263 g/mol. The molecule has 0 saturated carbocycles. The highest BCUT2D eigenvalue weighted by Crippen LogP contribution is 2.19. The molecule has 1 heterocycles. The van der Waals surface area contributed by atoms with Crippen molar-refractivity contribution in [1.82, 2.24) is 14.9 Å². The zero-order valence-corrected chi connectivity index (χ0v) is 11.0. The van der Waals surface area contributed by atoms with Gasteiger partial charge in [-0.15, -0.1) is 0 Å². The Morgan fingerprint density at radius 3 is 3.00 bits per heavy atom. The number of imidazole rings is 1. The Kier molecular flexibility index (Phi) is 4.01.